The van der Waals surface area contributed by atoms with E-state index in [4.69, 9.17) is 23.7 Å². The van der Waals surface area contributed by atoms with Crippen molar-refractivity contribution in [3.05, 3.63) is 77.4 Å². The first-order chi connectivity index (χ1) is 18.4. The molecule has 3 aromatic rings. The number of rotatable bonds is 9. The van der Waals surface area contributed by atoms with Crippen molar-refractivity contribution in [2.45, 2.75) is 19.9 Å². The van der Waals surface area contributed by atoms with E-state index in [-0.39, 0.29) is 11.1 Å². The van der Waals surface area contributed by atoms with Gasteiger partial charge in [0.2, 0.25) is 0 Å². The molecular weight excluding hydrogens is 576 g/mol. The molecule has 4 rings (SSSR count). The monoisotopic (exact) mass is 602 g/mol. The summed E-state index contributed by atoms with van der Waals surface area (Å²) in [5, 5.41) is 0. The first kappa shape index (κ1) is 27.5. The number of halogens is 1. The molecule has 1 atom stereocenters. The topological polar surface area (TPSA) is 97.6 Å². The molecule has 0 amide bonds. The van der Waals surface area contributed by atoms with Gasteiger partial charge in [-0.2, -0.15) is 0 Å². The fourth-order valence-corrected chi connectivity index (χ4v) is 5.51. The van der Waals surface area contributed by atoms with Gasteiger partial charge in [-0.15, -0.1) is 0 Å². The minimum atomic E-state index is -0.774. The van der Waals surface area contributed by atoms with Gasteiger partial charge >= 0.3 is 5.97 Å². The number of nitrogens with zero attached hydrogens (tertiary/aromatic N) is 2. The molecule has 1 aliphatic heterocycles. The molecule has 0 fully saturated rings. The number of thiazole rings is 1. The van der Waals surface area contributed by atoms with Crippen LogP contribution in [0.3, 0.4) is 0 Å². The predicted molar refractivity (Wildman–Crippen MR) is 147 cm³/mol. The summed E-state index contributed by atoms with van der Waals surface area (Å²) in [5.74, 6) is 1.60. The molecule has 0 saturated heterocycles. The molecule has 0 radical (unpaired) electrons. The van der Waals surface area contributed by atoms with Crippen molar-refractivity contribution in [1.82, 2.24) is 4.57 Å². The zero-order chi connectivity index (χ0) is 27.4. The van der Waals surface area contributed by atoms with Gasteiger partial charge in [0.05, 0.1) is 50.7 Å². The third-order valence-corrected chi connectivity index (χ3v) is 7.48. The summed E-state index contributed by atoms with van der Waals surface area (Å²) in [4.78, 5) is 31.4. The second-order valence-electron chi connectivity index (χ2n) is 7.98. The first-order valence-electron chi connectivity index (χ1n) is 11.8. The molecule has 0 N–H and O–H groups in total. The van der Waals surface area contributed by atoms with E-state index in [2.05, 4.69) is 20.9 Å². The number of hydrogen-bond donors (Lipinski definition) is 0. The third kappa shape index (κ3) is 5.21. The van der Waals surface area contributed by atoms with Crippen LogP contribution in [0.1, 0.15) is 31.0 Å². The lowest BCUT2D eigenvalue weighted by Gasteiger charge is -2.23. The second-order valence-corrected chi connectivity index (χ2v) is 9.84. The Balaban J connectivity index is 1.92. The van der Waals surface area contributed by atoms with Crippen molar-refractivity contribution in [2.24, 2.45) is 4.99 Å². The van der Waals surface area contributed by atoms with Crippen molar-refractivity contribution in [1.29, 1.82) is 0 Å². The third-order valence-electron chi connectivity index (χ3n) is 5.80. The van der Waals surface area contributed by atoms with Gasteiger partial charge in [-0.05, 0) is 55.3 Å². The number of hydrogen-bond acceptors (Lipinski definition) is 9. The Morgan fingerprint density at radius 1 is 1.03 bits per heavy atom. The van der Waals surface area contributed by atoms with E-state index in [1.165, 1.54) is 29.2 Å². The zero-order valence-electron chi connectivity index (χ0n) is 21.6. The second kappa shape index (κ2) is 11.9. The van der Waals surface area contributed by atoms with Crippen LogP contribution in [0.15, 0.2) is 56.4 Å². The minimum Gasteiger partial charge on any atom is -0.493 e. The smallest absolute Gasteiger partial charge is 0.337 e. The average Bonchev–Trinajstić information content (AvgIpc) is 3.24. The maximum Gasteiger partial charge on any atom is 0.337 e. The predicted octanol–water partition coefficient (Wildman–Crippen LogP) is 3.60. The van der Waals surface area contributed by atoms with Gasteiger partial charge in [0, 0.05) is 10.7 Å². The molecular formula is C27H27BrN2O7S. The summed E-state index contributed by atoms with van der Waals surface area (Å²) in [6.45, 7) is 4.65. The number of ether oxygens (including phenoxy) is 5. The molecule has 1 aromatic heterocycles. The van der Waals surface area contributed by atoms with Crippen molar-refractivity contribution in [3.63, 3.8) is 0 Å². The Hall–Kier alpha value is -3.57. The Labute approximate surface area is 231 Å². The van der Waals surface area contributed by atoms with Gasteiger partial charge in [-0.3, -0.25) is 9.36 Å². The van der Waals surface area contributed by atoms with Gasteiger partial charge in [0.1, 0.15) is 0 Å². The lowest BCUT2D eigenvalue weighted by molar-refractivity contribution is -0.136. The molecule has 0 spiro atoms. The molecule has 200 valence electrons. The largest absolute Gasteiger partial charge is 0.493 e. The summed E-state index contributed by atoms with van der Waals surface area (Å²) < 4.78 is 29.9. The number of benzene rings is 2. The van der Waals surface area contributed by atoms with Gasteiger partial charge < -0.3 is 23.7 Å². The van der Waals surface area contributed by atoms with Crippen molar-refractivity contribution < 1.29 is 28.5 Å². The molecule has 9 nitrogen and oxygen atoms in total. The maximum absolute atomic E-state index is 13.8. The number of carbonyl (C=O) groups excluding carboxylic acids is 1. The Kier molecular flexibility index (Phi) is 8.58. The molecule has 0 bridgehead atoms. The summed E-state index contributed by atoms with van der Waals surface area (Å²) in [7, 11) is 4.40. The van der Waals surface area contributed by atoms with E-state index in [0.717, 1.165) is 10.0 Å². The highest BCUT2D eigenvalue weighted by molar-refractivity contribution is 9.10. The minimum absolute atomic E-state index is 0.227. The highest BCUT2D eigenvalue weighted by Gasteiger charge is 2.31. The van der Waals surface area contributed by atoms with Crippen molar-refractivity contribution in [2.75, 3.05) is 34.5 Å². The number of esters is 1. The molecule has 2 aromatic carbocycles. The van der Waals surface area contributed by atoms with E-state index >= 15 is 0 Å². The van der Waals surface area contributed by atoms with Crippen LogP contribution in [0.5, 0.6) is 23.0 Å². The van der Waals surface area contributed by atoms with E-state index in [0.29, 0.717) is 51.1 Å². The van der Waals surface area contributed by atoms with E-state index < -0.39 is 12.0 Å². The Morgan fingerprint density at radius 3 is 2.37 bits per heavy atom. The van der Waals surface area contributed by atoms with Crippen LogP contribution in [-0.4, -0.2) is 45.1 Å². The number of methoxy groups -OCH3 is 3. The SMILES string of the molecule is CCOc1ccc([C@@H]2C(C(=O)OC)=CN=c3s/c(=C\c4cc(OC)c(OC)cc4Br)c(=O)n32)cc1OCC. The molecule has 0 unspecified atom stereocenters. The molecule has 2 heterocycles. The van der Waals surface area contributed by atoms with Gasteiger partial charge in [0.25, 0.3) is 5.56 Å². The fraction of sp³-hybridized carbons (Fsp3) is 0.296. The van der Waals surface area contributed by atoms with E-state index in [1.807, 2.05) is 19.9 Å². The van der Waals surface area contributed by atoms with Crippen LogP contribution in [-0.2, 0) is 9.53 Å². The number of fused-ring (bicyclic) bond motifs is 1. The summed E-state index contributed by atoms with van der Waals surface area (Å²) in [6, 6.07) is 8.14. The normalized spacial score (nSPS) is 14.7. The first-order valence-corrected chi connectivity index (χ1v) is 13.4. The Bertz CT molecular complexity index is 1580. The lowest BCUT2D eigenvalue weighted by atomic mass is 9.97. The average molecular weight is 603 g/mol. The van der Waals surface area contributed by atoms with Crippen molar-refractivity contribution in [3.8, 4) is 23.0 Å². The van der Waals surface area contributed by atoms with E-state index in [9.17, 15) is 9.59 Å². The van der Waals surface area contributed by atoms with Crippen LogP contribution in [0, 0.1) is 0 Å². The van der Waals surface area contributed by atoms with Gasteiger partial charge in [-0.25, -0.2) is 9.79 Å². The molecule has 1 aliphatic rings. The number of aromatic nitrogens is 1. The van der Waals surface area contributed by atoms with Crippen LogP contribution < -0.4 is 33.8 Å². The lowest BCUT2D eigenvalue weighted by Crippen LogP contribution is -2.39. The molecule has 11 heteroatoms. The van der Waals surface area contributed by atoms with E-state index in [1.54, 1.807) is 44.6 Å². The standard InChI is InChI=1S/C27H27BrN2O7S/c1-6-36-19-9-8-15(10-22(19)37-7-2)24-17(26(32)35-5)14-29-27-30(24)25(31)23(38-27)12-16-11-20(33-3)21(34-4)13-18(16)28/h8-14,24H,6-7H2,1-5H3/b23-12-/t24-/m1/s1. The number of carbonyl (C=O) groups is 1. The van der Waals surface area contributed by atoms with Crippen molar-refractivity contribution >= 4 is 39.3 Å². The fourth-order valence-electron chi connectivity index (χ4n) is 4.11. The molecule has 0 saturated carbocycles. The molecule has 0 aliphatic carbocycles. The Morgan fingerprint density at radius 2 is 1.71 bits per heavy atom. The zero-order valence-corrected chi connectivity index (χ0v) is 24.0. The summed E-state index contributed by atoms with van der Waals surface area (Å²) in [5.41, 5.74) is 1.30. The van der Waals surface area contributed by atoms with Crippen LogP contribution >= 0.6 is 27.3 Å². The summed E-state index contributed by atoms with van der Waals surface area (Å²) in [6.07, 6.45) is 3.20. The summed E-state index contributed by atoms with van der Waals surface area (Å²) >= 11 is 4.76. The highest BCUT2D eigenvalue weighted by atomic mass is 79.9. The maximum atomic E-state index is 13.8. The highest BCUT2D eigenvalue weighted by Crippen LogP contribution is 2.36. The van der Waals surface area contributed by atoms with Gasteiger partial charge in [0.15, 0.2) is 27.8 Å². The van der Waals surface area contributed by atoms with Crippen LogP contribution in [0.2, 0.25) is 0 Å². The molecule has 38 heavy (non-hydrogen) atoms. The van der Waals surface area contributed by atoms with Crippen LogP contribution in [0.4, 0.5) is 0 Å². The van der Waals surface area contributed by atoms with Crippen LogP contribution in [0.25, 0.3) is 6.08 Å². The quantitative estimate of drug-likeness (QED) is 0.345. The van der Waals surface area contributed by atoms with Gasteiger partial charge in [-0.1, -0.05) is 33.3 Å².